The predicted molar refractivity (Wildman–Crippen MR) is 75.9 cm³/mol. The summed E-state index contributed by atoms with van der Waals surface area (Å²) >= 11 is 0. The number of rotatable bonds is 7. The molecule has 0 spiro atoms. The van der Waals surface area contributed by atoms with Crippen LogP contribution in [0.1, 0.15) is 30.9 Å². The maximum absolute atomic E-state index is 11.6. The third kappa shape index (κ3) is 5.73. The number of nitrogens with one attached hydrogen (secondary N) is 1. The number of carboxylic acid groups (broad SMARTS) is 1. The number of amides is 1. The Morgan fingerprint density at radius 2 is 2.05 bits per heavy atom. The molecule has 0 aliphatic heterocycles. The van der Waals surface area contributed by atoms with Gasteiger partial charge in [-0.1, -0.05) is 17.7 Å². The minimum absolute atomic E-state index is 0.0797. The number of aryl methyl sites for hydroxylation is 2. The zero-order chi connectivity index (χ0) is 15.1. The minimum Gasteiger partial charge on any atom is -0.493 e. The van der Waals surface area contributed by atoms with Gasteiger partial charge in [0.25, 0.3) is 0 Å². The molecule has 110 valence electrons. The van der Waals surface area contributed by atoms with Gasteiger partial charge < -0.3 is 15.2 Å². The van der Waals surface area contributed by atoms with E-state index in [1.165, 1.54) is 0 Å². The van der Waals surface area contributed by atoms with Gasteiger partial charge in [-0.3, -0.25) is 9.59 Å². The van der Waals surface area contributed by atoms with Crippen molar-refractivity contribution in [2.75, 3.05) is 6.61 Å². The SMILES string of the molecule is Cc1ccc(OCCC(=O)NC(C)CC(=O)O)c(C)c1. The standard InChI is InChI=1S/C15H21NO4/c1-10-4-5-13(11(2)8-10)20-7-6-14(17)16-12(3)9-15(18)19/h4-5,8,12H,6-7,9H2,1-3H3,(H,16,17)(H,18,19). The highest BCUT2D eigenvalue weighted by Crippen LogP contribution is 2.18. The number of hydrogen-bond acceptors (Lipinski definition) is 3. The van der Waals surface area contributed by atoms with Crippen LogP contribution in [0.3, 0.4) is 0 Å². The summed E-state index contributed by atoms with van der Waals surface area (Å²) in [5, 5.41) is 11.2. The lowest BCUT2D eigenvalue weighted by Gasteiger charge is -2.13. The van der Waals surface area contributed by atoms with E-state index in [1.54, 1.807) is 6.92 Å². The molecular weight excluding hydrogens is 258 g/mol. The molecule has 1 atom stereocenters. The zero-order valence-corrected chi connectivity index (χ0v) is 12.1. The number of hydrogen-bond donors (Lipinski definition) is 2. The minimum atomic E-state index is -0.927. The maximum Gasteiger partial charge on any atom is 0.305 e. The van der Waals surface area contributed by atoms with Crippen LogP contribution >= 0.6 is 0 Å². The first-order valence-electron chi connectivity index (χ1n) is 6.59. The molecule has 0 aliphatic carbocycles. The van der Waals surface area contributed by atoms with Gasteiger partial charge in [-0.25, -0.2) is 0 Å². The molecule has 1 unspecified atom stereocenters. The monoisotopic (exact) mass is 279 g/mol. The van der Waals surface area contributed by atoms with Crippen molar-refractivity contribution in [3.63, 3.8) is 0 Å². The second kappa shape index (κ2) is 7.53. The Morgan fingerprint density at radius 1 is 1.35 bits per heavy atom. The average Bonchev–Trinajstić information content (AvgIpc) is 2.30. The van der Waals surface area contributed by atoms with Gasteiger partial charge in [0.1, 0.15) is 5.75 Å². The van der Waals surface area contributed by atoms with Gasteiger partial charge in [0.2, 0.25) is 5.91 Å². The second-order valence-electron chi connectivity index (χ2n) is 4.93. The largest absolute Gasteiger partial charge is 0.493 e. The molecule has 5 heteroatoms. The molecular formula is C15H21NO4. The van der Waals surface area contributed by atoms with Crippen molar-refractivity contribution in [2.24, 2.45) is 0 Å². The molecule has 1 aromatic rings. The highest BCUT2D eigenvalue weighted by Gasteiger charge is 2.11. The molecule has 0 bridgehead atoms. The van der Waals surface area contributed by atoms with E-state index in [-0.39, 0.29) is 31.4 Å². The van der Waals surface area contributed by atoms with Gasteiger partial charge in [0, 0.05) is 6.04 Å². The topological polar surface area (TPSA) is 75.6 Å². The Morgan fingerprint density at radius 3 is 2.65 bits per heavy atom. The van der Waals surface area contributed by atoms with Crippen molar-refractivity contribution in [3.8, 4) is 5.75 Å². The third-order valence-electron chi connectivity index (χ3n) is 2.81. The maximum atomic E-state index is 11.6. The van der Waals surface area contributed by atoms with Crippen molar-refractivity contribution in [1.82, 2.24) is 5.32 Å². The fraction of sp³-hybridized carbons (Fsp3) is 0.467. The molecule has 0 radical (unpaired) electrons. The molecule has 0 saturated carbocycles. The Balaban J connectivity index is 2.33. The fourth-order valence-electron chi connectivity index (χ4n) is 1.87. The average molecular weight is 279 g/mol. The van der Waals surface area contributed by atoms with E-state index in [9.17, 15) is 9.59 Å². The first-order valence-corrected chi connectivity index (χ1v) is 6.59. The molecule has 2 N–H and O–H groups in total. The molecule has 0 aromatic heterocycles. The molecule has 0 aliphatic rings. The number of benzene rings is 1. The van der Waals surface area contributed by atoms with Crippen LogP contribution in [0.15, 0.2) is 18.2 Å². The third-order valence-corrected chi connectivity index (χ3v) is 2.81. The lowest BCUT2D eigenvalue weighted by molar-refractivity contribution is -0.137. The van der Waals surface area contributed by atoms with E-state index in [0.29, 0.717) is 0 Å². The van der Waals surface area contributed by atoms with E-state index in [1.807, 2.05) is 32.0 Å². The van der Waals surface area contributed by atoms with Crippen LogP contribution in [0.2, 0.25) is 0 Å². The number of carboxylic acids is 1. The van der Waals surface area contributed by atoms with E-state index in [4.69, 9.17) is 9.84 Å². The molecule has 0 heterocycles. The second-order valence-corrected chi connectivity index (χ2v) is 4.93. The summed E-state index contributed by atoms with van der Waals surface area (Å²) in [6, 6.07) is 5.48. The Hall–Kier alpha value is -2.04. The lowest BCUT2D eigenvalue weighted by Crippen LogP contribution is -2.34. The van der Waals surface area contributed by atoms with Crippen LogP contribution in [-0.2, 0) is 9.59 Å². The molecule has 0 fully saturated rings. The summed E-state index contributed by atoms with van der Waals surface area (Å²) in [7, 11) is 0. The van der Waals surface area contributed by atoms with Crippen molar-refractivity contribution < 1.29 is 19.4 Å². The molecule has 20 heavy (non-hydrogen) atoms. The molecule has 1 rings (SSSR count). The predicted octanol–water partition coefficient (Wildman–Crippen LogP) is 2.05. The summed E-state index contributed by atoms with van der Waals surface area (Å²) in [6.07, 6.45) is 0.126. The first kappa shape index (κ1) is 16.0. The molecule has 5 nitrogen and oxygen atoms in total. The van der Waals surface area contributed by atoms with E-state index < -0.39 is 5.97 Å². The number of aliphatic carboxylic acids is 1. The summed E-state index contributed by atoms with van der Waals surface area (Å²) in [4.78, 5) is 22.1. The summed E-state index contributed by atoms with van der Waals surface area (Å²) in [6.45, 7) is 5.90. The number of carbonyl (C=O) groups excluding carboxylic acids is 1. The molecule has 0 saturated heterocycles. The van der Waals surface area contributed by atoms with Crippen LogP contribution in [0.5, 0.6) is 5.75 Å². The fourth-order valence-corrected chi connectivity index (χ4v) is 1.87. The van der Waals surface area contributed by atoms with Crippen molar-refractivity contribution in [1.29, 1.82) is 0 Å². The zero-order valence-electron chi connectivity index (χ0n) is 12.1. The highest BCUT2D eigenvalue weighted by molar-refractivity contribution is 5.77. The summed E-state index contributed by atoms with van der Waals surface area (Å²) in [5.41, 5.74) is 2.19. The van der Waals surface area contributed by atoms with Crippen molar-refractivity contribution in [2.45, 2.75) is 39.7 Å². The van der Waals surface area contributed by atoms with Crippen molar-refractivity contribution in [3.05, 3.63) is 29.3 Å². The number of ether oxygens (including phenoxy) is 1. The van der Waals surface area contributed by atoms with Crippen LogP contribution in [-0.4, -0.2) is 29.6 Å². The van der Waals surface area contributed by atoms with Crippen LogP contribution < -0.4 is 10.1 Å². The van der Waals surface area contributed by atoms with Gasteiger partial charge in [-0.05, 0) is 32.4 Å². The van der Waals surface area contributed by atoms with Gasteiger partial charge in [-0.2, -0.15) is 0 Å². The van der Waals surface area contributed by atoms with Gasteiger partial charge in [0.05, 0.1) is 19.4 Å². The Labute approximate surface area is 118 Å². The van der Waals surface area contributed by atoms with E-state index in [2.05, 4.69) is 5.32 Å². The van der Waals surface area contributed by atoms with E-state index >= 15 is 0 Å². The molecule has 1 aromatic carbocycles. The lowest BCUT2D eigenvalue weighted by atomic mass is 10.1. The number of carbonyl (C=O) groups is 2. The van der Waals surface area contributed by atoms with Crippen LogP contribution in [0.4, 0.5) is 0 Å². The van der Waals surface area contributed by atoms with Crippen LogP contribution in [0, 0.1) is 13.8 Å². The summed E-state index contributed by atoms with van der Waals surface area (Å²) < 4.78 is 5.55. The van der Waals surface area contributed by atoms with Crippen molar-refractivity contribution >= 4 is 11.9 Å². The first-order chi connectivity index (χ1) is 9.38. The normalized spacial score (nSPS) is 11.8. The van der Waals surface area contributed by atoms with Gasteiger partial charge >= 0.3 is 5.97 Å². The Kier molecular flexibility index (Phi) is 6.03. The highest BCUT2D eigenvalue weighted by atomic mass is 16.5. The quantitative estimate of drug-likeness (QED) is 0.801. The van der Waals surface area contributed by atoms with Gasteiger partial charge in [-0.15, -0.1) is 0 Å². The Bertz CT molecular complexity index is 485. The van der Waals surface area contributed by atoms with Crippen LogP contribution in [0.25, 0.3) is 0 Å². The smallest absolute Gasteiger partial charge is 0.305 e. The van der Waals surface area contributed by atoms with Gasteiger partial charge in [0.15, 0.2) is 0 Å². The molecule has 1 amide bonds. The summed E-state index contributed by atoms with van der Waals surface area (Å²) in [5.74, 6) is -0.366. The van der Waals surface area contributed by atoms with E-state index in [0.717, 1.165) is 16.9 Å².